The van der Waals surface area contributed by atoms with E-state index in [4.69, 9.17) is 0 Å². The Balaban J connectivity index is 2.04. The van der Waals surface area contributed by atoms with Gasteiger partial charge in [0, 0.05) is 37.5 Å². The van der Waals surface area contributed by atoms with Gasteiger partial charge in [-0.25, -0.2) is 0 Å². The lowest BCUT2D eigenvalue weighted by Gasteiger charge is -2.42. The Labute approximate surface area is 189 Å². The molecule has 2 unspecified atom stereocenters. The highest BCUT2D eigenvalue weighted by molar-refractivity contribution is 8.02. The maximum Gasteiger partial charge on any atom is 0.247 e. The first-order valence-electron chi connectivity index (χ1n) is 10.9. The van der Waals surface area contributed by atoms with Crippen molar-refractivity contribution >= 4 is 29.5 Å². The lowest BCUT2D eigenvalue weighted by atomic mass is 9.70. The number of nitrogens with zero attached hydrogens (tertiary/aromatic N) is 3. The minimum absolute atomic E-state index is 0.0304. The summed E-state index contributed by atoms with van der Waals surface area (Å²) >= 11 is 1.65. The van der Waals surface area contributed by atoms with E-state index in [1.807, 2.05) is 20.8 Å². The van der Waals surface area contributed by atoms with Gasteiger partial charge in [-0.3, -0.25) is 14.4 Å². The van der Waals surface area contributed by atoms with Gasteiger partial charge in [0.05, 0.1) is 23.2 Å². The Morgan fingerprint density at radius 2 is 1.90 bits per heavy atom. The fourth-order valence-electron chi connectivity index (χ4n) is 5.57. The van der Waals surface area contributed by atoms with Gasteiger partial charge in [0.1, 0.15) is 6.04 Å². The first kappa shape index (κ1) is 23.9. The van der Waals surface area contributed by atoms with Gasteiger partial charge in [0.15, 0.2) is 0 Å². The van der Waals surface area contributed by atoms with Crippen molar-refractivity contribution in [2.75, 3.05) is 33.3 Å². The molecule has 7 nitrogen and oxygen atoms in total. The first-order chi connectivity index (χ1) is 14.5. The Bertz CT molecular complexity index is 779. The molecule has 172 valence electrons. The van der Waals surface area contributed by atoms with E-state index in [2.05, 4.69) is 13.2 Å². The minimum Gasteiger partial charge on any atom is -0.395 e. The van der Waals surface area contributed by atoms with E-state index in [1.54, 1.807) is 40.8 Å². The Morgan fingerprint density at radius 3 is 2.45 bits per heavy atom. The second-order valence-corrected chi connectivity index (χ2v) is 11.3. The van der Waals surface area contributed by atoms with Crippen molar-refractivity contribution in [1.82, 2.24) is 14.7 Å². The number of fused-ring (bicyclic) bond motifs is 1. The number of aliphatic hydroxyl groups is 1. The Kier molecular flexibility index (Phi) is 6.63. The molecule has 31 heavy (non-hydrogen) atoms. The summed E-state index contributed by atoms with van der Waals surface area (Å²) in [6.45, 7) is 14.1. The Morgan fingerprint density at radius 1 is 1.26 bits per heavy atom. The largest absolute Gasteiger partial charge is 0.395 e. The predicted molar refractivity (Wildman–Crippen MR) is 122 cm³/mol. The van der Waals surface area contributed by atoms with E-state index in [0.717, 1.165) is 12.8 Å². The molecule has 3 aliphatic rings. The second kappa shape index (κ2) is 8.62. The van der Waals surface area contributed by atoms with Crippen LogP contribution in [0.2, 0.25) is 0 Å². The molecule has 1 N–H and O–H groups in total. The van der Waals surface area contributed by atoms with Crippen LogP contribution in [-0.4, -0.2) is 92.4 Å². The van der Waals surface area contributed by atoms with Gasteiger partial charge >= 0.3 is 0 Å². The summed E-state index contributed by atoms with van der Waals surface area (Å²) in [4.78, 5) is 45.7. The van der Waals surface area contributed by atoms with E-state index in [0.29, 0.717) is 13.1 Å². The molecule has 0 aromatic carbocycles. The van der Waals surface area contributed by atoms with Gasteiger partial charge in [0.2, 0.25) is 17.7 Å². The van der Waals surface area contributed by atoms with E-state index >= 15 is 0 Å². The number of likely N-dealkylation sites (tertiary alicyclic amines) is 1. The standard InChI is InChI=1S/C23H35N3O4S/c1-7-11-24(6)19(28)16-15-9-10-23(31-15)17(16)20(29)25(13-14-27)18(23)21(30)26(12-8-2)22(3,4)5/h7-8,15-18,27H,1-2,9-14H2,3-6H3/t15-,16+,17+,18?,23?/m1/s1. The number of amides is 3. The van der Waals surface area contributed by atoms with Crippen LogP contribution in [0.4, 0.5) is 0 Å². The predicted octanol–water partition coefficient (Wildman–Crippen LogP) is 1.53. The number of aliphatic hydroxyl groups excluding tert-OH is 1. The van der Waals surface area contributed by atoms with Crippen molar-refractivity contribution in [3.05, 3.63) is 25.3 Å². The number of hydrogen-bond donors (Lipinski definition) is 1. The Hall–Kier alpha value is -1.80. The summed E-state index contributed by atoms with van der Waals surface area (Å²) < 4.78 is -0.631. The van der Waals surface area contributed by atoms with Crippen LogP contribution in [0.25, 0.3) is 0 Å². The highest BCUT2D eigenvalue weighted by Gasteiger charge is 2.74. The van der Waals surface area contributed by atoms with E-state index in [9.17, 15) is 19.5 Å². The zero-order valence-corrected chi connectivity index (χ0v) is 19.9. The molecular formula is C23H35N3O4S. The topological polar surface area (TPSA) is 81.2 Å². The number of β-amino-alcohol motifs (C(OH)–C–C–N with tert-alkyl or cyclic N) is 1. The summed E-state index contributed by atoms with van der Waals surface area (Å²) in [5.74, 6) is -1.36. The molecule has 0 aromatic heterocycles. The summed E-state index contributed by atoms with van der Waals surface area (Å²) in [5.41, 5.74) is -0.450. The second-order valence-electron chi connectivity index (χ2n) is 9.73. The molecular weight excluding hydrogens is 414 g/mol. The molecule has 2 bridgehead atoms. The van der Waals surface area contributed by atoms with Crippen LogP contribution in [0.1, 0.15) is 33.6 Å². The molecule has 3 heterocycles. The van der Waals surface area contributed by atoms with Crippen molar-refractivity contribution in [3.8, 4) is 0 Å². The maximum absolute atomic E-state index is 13.9. The van der Waals surface area contributed by atoms with Crippen LogP contribution < -0.4 is 0 Å². The summed E-state index contributed by atoms with van der Waals surface area (Å²) in [5, 5.41) is 9.71. The quantitative estimate of drug-likeness (QED) is 0.569. The lowest BCUT2D eigenvalue weighted by molar-refractivity contribution is -0.146. The minimum atomic E-state index is -0.686. The summed E-state index contributed by atoms with van der Waals surface area (Å²) in [6, 6.07) is -0.686. The van der Waals surface area contributed by atoms with E-state index in [1.165, 1.54) is 4.90 Å². The molecule has 8 heteroatoms. The molecule has 3 rings (SSSR count). The molecule has 1 spiro atoms. The molecule has 0 saturated carbocycles. The zero-order chi connectivity index (χ0) is 23.1. The highest BCUT2D eigenvalue weighted by atomic mass is 32.2. The number of thioether (sulfide) groups is 1. The van der Waals surface area contributed by atoms with Crippen molar-refractivity contribution in [3.63, 3.8) is 0 Å². The van der Waals surface area contributed by atoms with Gasteiger partial charge in [-0.1, -0.05) is 12.2 Å². The molecule has 0 radical (unpaired) electrons. The van der Waals surface area contributed by atoms with Crippen LogP contribution in [0.15, 0.2) is 25.3 Å². The smallest absolute Gasteiger partial charge is 0.247 e. The third-order valence-electron chi connectivity index (χ3n) is 6.83. The maximum atomic E-state index is 13.9. The van der Waals surface area contributed by atoms with Gasteiger partial charge in [-0.15, -0.1) is 24.9 Å². The fraction of sp³-hybridized carbons (Fsp3) is 0.696. The van der Waals surface area contributed by atoms with Crippen LogP contribution in [0.3, 0.4) is 0 Å². The molecule has 3 amide bonds. The first-order valence-corrected chi connectivity index (χ1v) is 11.8. The average Bonchev–Trinajstić information content (AvgIpc) is 3.33. The third kappa shape index (κ3) is 3.71. The fourth-order valence-corrected chi connectivity index (χ4v) is 7.78. The molecule has 3 saturated heterocycles. The molecule has 0 aromatic rings. The van der Waals surface area contributed by atoms with Crippen molar-refractivity contribution in [2.45, 2.75) is 55.2 Å². The summed E-state index contributed by atoms with van der Waals surface area (Å²) in [6.07, 6.45) is 4.89. The SMILES string of the molecule is C=CCN(C)C(=O)[C@@H]1[C@H]2C(=O)N(CCO)C(C(=O)N(CC=C)C(C)(C)C)C23CC[C@H]1S3. The molecule has 5 atom stereocenters. The highest BCUT2D eigenvalue weighted by Crippen LogP contribution is 2.66. The zero-order valence-electron chi connectivity index (χ0n) is 19.0. The number of carbonyl (C=O) groups is 3. The van der Waals surface area contributed by atoms with Crippen molar-refractivity contribution in [1.29, 1.82) is 0 Å². The number of carbonyl (C=O) groups excluding carboxylic acids is 3. The molecule has 0 aliphatic carbocycles. The van der Waals surface area contributed by atoms with Gasteiger partial charge in [-0.2, -0.15) is 0 Å². The normalized spacial score (nSPS) is 31.5. The van der Waals surface area contributed by atoms with Crippen molar-refractivity contribution < 1.29 is 19.5 Å². The number of hydrogen-bond acceptors (Lipinski definition) is 5. The lowest BCUT2D eigenvalue weighted by Crippen LogP contribution is -2.59. The number of likely N-dealkylation sites (N-methyl/N-ethyl adjacent to an activating group) is 1. The van der Waals surface area contributed by atoms with Gasteiger partial charge in [0.25, 0.3) is 0 Å². The average molecular weight is 450 g/mol. The number of rotatable bonds is 8. The van der Waals surface area contributed by atoms with Gasteiger partial charge in [-0.05, 0) is 33.6 Å². The van der Waals surface area contributed by atoms with Crippen LogP contribution in [0, 0.1) is 11.8 Å². The third-order valence-corrected chi connectivity index (χ3v) is 8.78. The van der Waals surface area contributed by atoms with Crippen molar-refractivity contribution in [2.24, 2.45) is 11.8 Å². The monoisotopic (exact) mass is 449 g/mol. The van der Waals surface area contributed by atoms with E-state index < -0.39 is 28.2 Å². The molecule has 3 aliphatic heterocycles. The van der Waals surface area contributed by atoms with Crippen LogP contribution in [0.5, 0.6) is 0 Å². The van der Waals surface area contributed by atoms with Crippen LogP contribution in [-0.2, 0) is 14.4 Å². The molecule has 3 fully saturated rings. The van der Waals surface area contributed by atoms with Crippen LogP contribution >= 0.6 is 11.8 Å². The summed E-state index contributed by atoms with van der Waals surface area (Å²) in [7, 11) is 1.73. The van der Waals surface area contributed by atoms with E-state index in [-0.39, 0.29) is 36.1 Å². The van der Waals surface area contributed by atoms with Gasteiger partial charge < -0.3 is 19.8 Å².